The van der Waals surface area contributed by atoms with Crippen molar-refractivity contribution in [3.8, 4) is 22.9 Å². The molecular formula is C17H15NO2. The Kier molecular flexibility index (Phi) is 4.41. The molecule has 1 N–H and O–H groups in total. The van der Waals surface area contributed by atoms with E-state index >= 15 is 0 Å². The van der Waals surface area contributed by atoms with Crippen LogP contribution in [0.5, 0.6) is 5.75 Å². The fourth-order valence-corrected chi connectivity index (χ4v) is 1.77. The third kappa shape index (κ3) is 3.63. The smallest absolute Gasteiger partial charge is 0.119 e. The van der Waals surface area contributed by atoms with Gasteiger partial charge in [-0.15, -0.1) is 0 Å². The molecule has 0 aromatic heterocycles. The summed E-state index contributed by atoms with van der Waals surface area (Å²) in [5, 5.41) is 17.7. The first kappa shape index (κ1) is 13.7. The SMILES string of the molecule is C=C(O)CCOc1ccc(-c2ccc(C#N)cc2)cc1. The monoisotopic (exact) mass is 265 g/mol. The highest BCUT2D eigenvalue weighted by Crippen LogP contribution is 2.22. The van der Waals surface area contributed by atoms with E-state index in [0.717, 1.165) is 16.9 Å². The van der Waals surface area contributed by atoms with Crippen LogP contribution in [0.1, 0.15) is 12.0 Å². The lowest BCUT2D eigenvalue weighted by Gasteiger charge is -2.07. The van der Waals surface area contributed by atoms with Crippen molar-refractivity contribution in [2.45, 2.75) is 6.42 Å². The van der Waals surface area contributed by atoms with Gasteiger partial charge in [0.25, 0.3) is 0 Å². The fraction of sp³-hybridized carbons (Fsp3) is 0.118. The average Bonchev–Trinajstić information content (AvgIpc) is 2.48. The lowest BCUT2D eigenvalue weighted by atomic mass is 10.0. The second-order valence-electron chi connectivity index (χ2n) is 4.38. The van der Waals surface area contributed by atoms with Gasteiger partial charge in [0.2, 0.25) is 0 Å². The predicted octanol–water partition coefficient (Wildman–Crippen LogP) is 4.07. The topological polar surface area (TPSA) is 53.2 Å². The van der Waals surface area contributed by atoms with E-state index in [9.17, 15) is 0 Å². The Morgan fingerprint density at radius 3 is 2.10 bits per heavy atom. The number of ether oxygens (including phenoxy) is 1. The first-order chi connectivity index (χ1) is 9.69. The van der Waals surface area contributed by atoms with Crippen molar-refractivity contribution in [3.63, 3.8) is 0 Å². The molecule has 2 rings (SSSR count). The van der Waals surface area contributed by atoms with Gasteiger partial charge in [0.15, 0.2) is 0 Å². The summed E-state index contributed by atoms with van der Waals surface area (Å²) in [5.41, 5.74) is 2.77. The minimum atomic E-state index is 0.124. The van der Waals surface area contributed by atoms with Crippen molar-refractivity contribution in [1.82, 2.24) is 0 Å². The van der Waals surface area contributed by atoms with Crippen molar-refractivity contribution in [2.75, 3.05) is 6.61 Å². The Morgan fingerprint density at radius 2 is 1.60 bits per heavy atom. The number of benzene rings is 2. The summed E-state index contributed by atoms with van der Waals surface area (Å²) in [5.74, 6) is 0.878. The lowest BCUT2D eigenvalue weighted by Crippen LogP contribution is -1.98. The van der Waals surface area contributed by atoms with Gasteiger partial charge in [-0.3, -0.25) is 0 Å². The molecule has 20 heavy (non-hydrogen) atoms. The minimum absolute atomic E-state index is 0.124. The third-order valence-corrected chi connectivity index (χ3v) is 2.86. The van der Waals surface area contributed by atoms with Gasteiger partial charge < -0.3 is 9.84 Å². The van der Waals surface area contributed by atoms with Crippen molar-refractivity contribution in [1.29, 1.82) is 5.26 Å². The highest BCUT2D eigenvalue weighted by Gasteiger charge is 2.00. The quantitative estimate of drug-likeness (QED) is 0.829. The number of nitrogens with zero attached hydrogens (tertiary/aromatic N) is 1. The molecule has 0 aliphatic rings. The lowest BCUT2D eigenvalue weighted by molar-refractivity contribution is 0.287. The molecule has 0 bridgehead atoms. The molecule has 0 radical (unpaired) electrons. The van der Waals surface area contributed by atoms with Crippen LogP contribution < -0.4 is 4.74 Å². The summed E-state index contributed by atoms with van der Waals surface area (Å²) in [7, 11) is 0. The van der Waals surface area contributed by atoms with Crippen molar-refractivity contribution in [2.24, 2.45) is 0 Å². The van der Waals surface area contributed by atoms with Gasteiger partial charge in [-0.05, 0) is 35.4 Å². The highest BCUT2D eigenvalue weighted by atomic mass is 16.5. The summed E-state index contributed by atoms with van der Waals surface area (Å²) < 4.78 is 5.48. The average molecular weight is 265 g/mol. The Bertz CT molecular complexity index is 622. The van der Waals surface area contributed by atoms with Crippen LogP contribution >= 0.6 is 0 Å². The number of aliphatic hydroxyl groups is 1. The van der Waals surface area contributed by atoms with Gasteiger partial charge in [0, 0.05) is 6.42 Å². The zero-order chi connectivity index (χ0) is 14.4. The Hall–Kier alpha value is -2.73. The predicted molar refractivity (Wildman–Crippen MR) is 78.5 cm³/mol. The van der Waals surface area contributed by atoms with Crippen molar-refractivity contribution in [3.05, 3.63) is 66.4 Å². The normalized spacial score (nSPS) is 9.75. The summed E-state index contributed by atoms with van der Waals surface area (Å²) >= 11 is 0. The van der Waals surface area contributed by atoms with E-state index in [1.807, 2.05) is 36.4 Å². The molecule has 0 heterocycles. The van der Waals surface area contributed by atoms with Gasteiger partial charge in [-0.2, -0.15) is 5.26 Å². The first-order valence-corrected chi connectivity index (χ1v) is 6.29. The molecule has 3 nitrogen and oxygen atoms in total. The maximum absolute atomic E-state index is 8.97. The Labute approximate surface area is 118 Å². The van der Waals surface area contributed by atoms with Crippen LogP contribution in [-0.2, 0) is 0 Å². The van der Waals surface area contributed by atoms with E-state index in [2.05, 4.69) is 12.6 Å². The molecule has 0 amide bonds. The molecule has 0 aliphatic carbocycles. The zero-order valence-electron chi connectivity index (χ0n) is 11.0. The molecule has 100 valence electrons. The number of aliphatic hydroxyl groups excluding tert-OH is 1. The van der Waals surface area contributed by atoms with E-state index < -0.39 is 0 Å². The molecule has 0 saturated heterocycles. The summed E-state index contributed by atoms with van der Waals surface area (Å²) in [6, 6.07) is 17.2. The number of nitriles is 1. The molecule has 0 fully saturated rings. The summed E-state index contributed by atoms with van der Waals surface area (Å²) in [4.78, 5) is 0. The van der Waals surface area contributed by atoms with E-state index in [-0.39, 0.29) is 5.76 Å². The second-order valence-corrected chi connectivity index (χ2v) is 4.38. The van der Waals surface area contributed by atoms with E-state index in [1.54, 1.807) is 12.1 Å². The molecule has 0 unspecified atom stereocenters. The number of hydrogen-bond acceptors (Lipinski definition) is 3. The molecule has 0 aliphatic heterocycles. The van der Waals surface area contributed by atoms with Gasteiger partial charge in [0.05, 0.1) is 24.0 Å². The van der Waals surface area contributed by atoms with Crippen molar-refractivity contribution >= 4 is 0 Å². The van der Waals surface area contributed by atoms with Crippen LogP contribution in [-0.4, -0.2) is 11.7 Å². The minimum Gasteiger partial charge on any atom is -0.513 e. The van der Waals surface area contributed by atoms with Crippen LogP contribution in [0.25, 0.3) is 11.1 Å². The molecule has 0 spiro atoms. The number of hydrogen-bond donors (Lipinski definition) is 1. The molecule has 0 atom stereocenters. The standard InChI is InChI=1S/C17H15NO2/c1-13(19)10-11-20-17-8-6-16(7-9-17)15-4-2-14(12-18)3-5-15/h2-9,19H,1,10-11H2. The first-order valence-electron chi connectivity index (χ1n) is 6.29. The Balaban J connectivity index is 2.03. The number of rotatable bonds is 5. The molecule has 0 saturated carbocycles. The summed E-state index contributed by atoms with van der Waals surface area (Å²) in [6.45, 7) is 3.82. The zero-order valence-corrected chi connectivity index (χ0v) is 11.0. The van der Waals surface area contributed by atoms with E-state index in [0.29, 0.717) is 18.6 Å². The molecular weight excluding hydrogens is 250 g/mol. The van der Waals surface area contributed by atoms with Crippen LogP contribution in [0.2, 0.25) is 0 Å². The maximum Gasteiger partial charge on any atom is 0.119 e. The van der Waals surface area contributed by atoms with E-state index in [4.69, 9.17) is 15.1 Å². The van der Waals surface area contributed by atoms with Crippen LogP contribution in [0.15, 0.2) is 60.9 Å². The van der Waals surface area contributed by atoms with Crippen molar-refractivity contribution < 1.29 is 9.84 Å². The molecule has 3 heteroatoms. The third-order valence-electron chi connectivity index (χ3n) is 2.86. The highest BCUT2D eigenvalue weighted by molar-refractivity contribution is 5.64. The van der Waals surface area contributed by atoms with Crippen LogP contribution in [0, 0.1) is 11.3 Å². The van der Waals surface area contributed by atoms with Gasteiger partial charge in [0.1, 0.15) is 5.75 Å². The van der Waals surface area contributed by atoms with Gasteiger partial charge in [-0.25, -0.2) is 0 Å². The van der Waals surface area contributed by atoms with Gasteiger partial charge >= 0.3 is 0 Å². The second kappa shape index (κ2) is 6.44. The summed E-state index contributed by atoms with van der Waals surface area (Å²) in [6.07, 6.45) is 0.428. The Morgan fingerprint density at radius 1 is 1.05 bits per heavy atom. The molecule has 2 aromatic carbocycles. The molecule has 2 aromatic rings. The largest absolute Gasteiger partial charge is 0.513 e. The van der Waals surface area contributed by atoms with E-state index in [1.165, 1.54) is 0 Å². The fourth-order valence-electron chi connectivity index (χ4n) is 1.77. The van der Waals surface area contributed by atoms with Crippen LogP contribution in [0.3, 0.4) is 0 Å². The van der Waals surface area contributed by atoms with Gasteiger partial charge in [-0.1, -0.05) is 30.8 Å². The maximum atomic E-state index is 8.97. The van der Waals surface area contributed by atoms with Crippen LogP contribution in [0.4, 0.5) is 0 Å².